The molecule has 2 heterocycles. The Morgan fingerprint density at radius 1 is 1.26 bits per heavy atom. The summed E-state index contributed by atoms with van der Waals surface area (Å²) in [5.41, 5.74) is 1.89. The zero-order chi connectivity index (χ0) is 18.9. The van der Waals surface area contributed by atoms with Crippen molar-refractivity contribution in [3.63, 3.8) is 0 Å². The van der Waals surface area contributed by atoms with Gasteiger partial charge in [-0.25, -0.2) is 8.87 Å². The second-order valence-corrected chi connectivity index (χ2v) is 6.97. The lowest BCUT2D eigenvalue weighted by molar-refractivity contribution is -0.815. The normalized spacial score (nSPS) is 35.8. The van der Waals surface area contributed by atoms with Crippen LogP contribution in [-0.2, 0) is 9.53 Å². The molecule has 0 spiro atoms. The number of carbonyl (C=O) groups is 2. The third kappa shape index (κ3) is 1.89. The van der Waals surface area contributed by atoms with Crippen LogP contribution in [-0.4, -0.2) is 28.5 Å². The number of ketones is 1. The molecule has 0 aromatic rings. The van der Waals surface area contributed by atoms with Gasteiger partial charge in [0.2, 0.25) is 23.4 Å². The highest BCUT2D eigenvalue weighted by Gasteiger charge is 2.62. The fraction of sp³-hybridized carbons (Fsp3) is 0.200. The van der Waals surface area contributed by atoms with Gasteiger partial charge in [-0.2, -0.15) is 4.39 Å². The predicted molar refractivity (Wildman–Crippen MR) is 87.3 cm³/mol. The first-order valence-corrected chi connectivity index (χ1v) is 8.50. The zero-order valence-electron chi connectivity index (χ0n) is 13.9. The fourth-order valence-corrected chi connectivity index (χ4v) is 4.55. The van der Waals surface area contributed by atoms with Crippen LogP contribution in [0.5, 0.6) is 0 Å². The van der Waals surface area contributed by atoms with Crippen molar-refractivity contribution in [1.29, 1.82) is 0 Å². The van der Waals surface area contributed by atoms with Crippen LogP contribution in [0.25, 0.3) is 0 Å². The first-order chi connectivity index (χ1) is 12.9. The van der Waals surface area contributed by atoms with Gasteiger partial charge in [-0.1, -0.05) is 24.3 Å². The highest BCUT2D eigenvalue weighted by atomic mass is 19.2. The Morgan fingerprint density at radius 3 is 2.85 bits per heavy atom. The number of carbonyl (C=O) groups excluding carboxylic acids is 2. The predicted octanol–water partition coefficient (Wildman–Crippen LogP) is 2.38. The molecule has 27 heavy (non-hydrogen) atoms. The summed E-state index contributed by atoms with van der Waals surface area (Å²) in [5, 5.41) is 12.3. The largest absolute Gasteiger partial charge is 0.498 e. The van der Waals surface area contributed by atoms with E-state index in [0.29, 0.717) is 23.8 Å². The fourth-order valence-electron chi connectivity index (χ4n) is 4.55. The van der Waals surface area contributed by atoms with E-state index in [2.05, 4.69) is 0 Å². The van der Waals surface area contributed by atoms with Crippen molar-refractivity contribution >= 4 is 11.9 Å². The molecule has 4 atom stereocenters. The van der Waals surface area contributed by atoms with Crippen LogP contribution in [0.15, 0.2) is 83.0 Å². The number of allylic oxidation sites excluding steroid dienone is 8. The number of hydrogen-bond acceptors (Lipinski definition) is 4. The highest BCUT2D eigenvalue weighted by Crippen LogP contribution is 2.51. The van der Waals surface area contributed by atoms with E-state index < -0.39 is 45.9 Å². The second-order valence-electron chi connectivity index (χ2n) is 6.97. The second kappa shape index (κ2) is 5.23. The summed E-state index contributed by atoms with van der Waals surface area (Å²) in [5.74, 6) is -4.54. The molecule has 0 saturated carbocycles. The van der Waals surface area contributed by atoms with Gasteiger partial charge >= 0.3 is 0 Å². The molecule has 4 unspecified atom stereocenters. The van der Waals surface area contributed by atoms with E-state index in [0.717, 1.165) is 5.57 Å². The van der Waals surface area contributed by atoms with Gasteiger partial charge in [0.25, 0.3) is 6.09 Å². The van der Waals surface area contributed by atoms with Gasteiger partial charge in [-0.3, -0.25) is 4.79 Å². The van der Waals surface area contributed by atoms with Gasteiger partial charge in [0.15, 0.2) is 17.6 Å². The lowest BCUT2D eigenvalue weighted by atomic mass is 9.76. The monoisotopic (exact) mass is 369 g/mol. The molecule has 0 radical (unpaired) electrons. The van der Waals surface area contributed by atoms with Crippen molar-refractivity contribution in [3.05, 3.63) is 83.0 Å². The molecule has 0 aromatic carbocycles. The van der Waals surface area contributed by atoms with Gasteiger partial charge in [0, 0.05) is 24.0 Å². The van der Waals surface area contributed by atoms with E-state index >= 15 is 0 Å². The van der Waals surface area contributed by atoms with Gasteiger partial charge < -0.3 is 14.6 Å². The third-order valence-electron chi connectivity index (χ3n) is 5.62. The minimum Gasteiger partial charge on any atom is -0.498 e. The number of quaternary nitrogens is 1. The van der Waals surface area contributed by atoms with Crippen LogP contribution in [0.1, 0.15) is 6.42 Å². The van der Waals surface area contributed by atoms with Gasteiger partial charge in [0.05, 0.1) is 0 Å². The summed E-state index contributed by atoms with van der Waals surface area (Å²) in [6, 6.07) is -1.58. The van der Waals surface area contributed by atoms with Crippen LogP contribution in [0, 0.1) is 5.92 Å². The maximum atomic E-state index is 14.6. The Morgan fingerprint density at radius 2 is 2.07 bits per heavy atom. The third-order valence-corrected chi connectivity index (χ3v) is 5.62. The average Bonchev–Trinajstić information content (AvgIpc) is 2.65. The lowest BCUT2D eigenvalue weighted by Gasteiger charge is -2.52. The number of fused-ring (bicyclic) bond motifs is 4. The number of ether oxygens (including phenoxy) is 1. The number of hydrogen-bond donors (Lipinski definition) is 0. The van der Waals surface area contributed by atoms with Gasteiger partial charge in [-0.15, -0.1) is 0 Å². The maximum Gasteiger partial charge on any atom is 0.268 e. The Labute approximate surface area is 152 Å². The van der Waals surface area contributed by atoms with E-state index in [1.807, 2.05) is 24.3 Å². The quantitative estimate of drug-likeness (QED) is 0.615. The molecule has 2 aliphatic heterocycles. The molecule has 7 heteroatoms. The van der Waals surface area contributed by atoms with Crippen LogP contribution >= 0.6 is 0 Å². The summed E-state index contributed by atoms with van der Waals surface area (Å²) in [7, 11) is 0. The van der Waals surface area contributed by atoms with Crippen LogP contribution in [0.2, 0.25) is 0 Å². The summed E-state index contributed by atoms with van der Waals surface area (Å²) in [6.45, 7) is 0. The molecule has 0 N–H and O–H groups in total. The molecule has 1 saturated heterocycles. The Bertz CT molecular complexity index is 1030. The van der Waals surface area contributed by atoms with Crippen LogP contribution in [0.4, 0.5) is 13.6 Å². The van der Waals surface area contributed by atoms with Crippen molar-refractivity contribution in [1.82, 2.24) is 0 Å². The number of morpholine rings is 1. The van der Waals surface area contributed by atoms with Crippen molar-refractivity contribution in [3.8, 4) is 0 Å². The SMILES string of the molecule is O=C1C=C(F)C(F)=C2OC3C4=C(C=C5C=CC=CC53)CC=C[N+]4(C(=O)[O-])C12. The summed E-state index contributed by atoms with van der Waals surface area (Å²) in [6.07, 6.45) is 10.6. The van der Waals surface area contributed by atoms with E-state index in [9.17, 15) is 23.5 Å². The molecule has 5 rings (SSSR count). The molecule has 1 amide bonds. The minimum atomic E-state index is -1.58. The van der Waals surface area contributed by atoms with E-state index in [1.54, 1.807) is 12.2 Å². The maximum absolute atomic E-state index is 14.6. The van der Waals surface area contributed by atoms with E-state index in [-0.39, 0.29) is 5.92 Å². The van der Waals surface area contributed by atoms with Crippen molar-refractivity contribution in [2.24, 2.45) is 5.92 Å². The Kier molecular flexibility index (Phi) is 3.13. The molecule has 5 nitrogen and oxygen atoms in total. The molecular formula is C20H13F2NO4. The number of carboxylic acid groups (broad SMARTS) is 1. The average molecular weight is 369 g/mol. The molecule has 3 aliphatic carbocycles. The summed E-state index contributed by atoms with van der Waals surface area (Å²) in [4.78, 5) is 24.9. The highest BCUT2D eigenvalue weighted by molar-refractivity contribution is 5.99. The smallest absolute Gasteiger partial charge is 0.268 e. The molecule has 0 aromatic heterocycles. The molecule has 0 bridgehead atoms. The van der Waals surface area contributed by atoms with E-state index in [4.69, 9.17) is 4.74 Å². The molecule has 1 fully saturated rings. The summed E-state index contributed by atoms with van der Waals surface area (Å²) < 4.78 is 33.3. The Balaban J connectivity index is 1.83. The van der Waals surface area contributed by atoms with Gasteiger partial charge in [0.1, 0.15) is 6.20 Å². The number of rotatable bonds is 0. The standard InChI is InChI=1S/C20H13F2NO4/c21-13-9-14(24)17-19(15(13)22)27-18-12-6-2-1-4-10(12)8-11-5-3-7-23(17,16(11)18)20(25)26/h1-4,6-9,12,17-18H,5H2. The Hall–Kier alpha value is -3.06. The topological polar surface area (TPSA) is 66.4 Å². The lowest BCUT2D eigenvalue weighted by Crippen LogP contribution is -2.69. The van der Waals surface area contributed by atoms with Gasteiger partial charge in [-0.05, 0) is 17.7 Å². The van der Waals surface area contributed by atoms with Crippen molar-refractivity contribution in [2.75, 3.05) is 0 Å². The van der Waals surface area contributed by atoms with E-state index in [1.165, 1.54) is 6.20 Å². The first-order valence-electron chi connectivity index (χ1n) is 8.50. The van der Waals surface area contributed by atoms with Crippen LogP contribution in [0.3, 0.4) is 0 Å². The first kappa shape index (κ1) is 16.1. The number of nitrogens with zero attached hydrogens (tertiary/aromatic N) is 1. The molecule has 5 aliphatic rings. The van der Waals surface area contributed by atoms with Crippen LogP contribution < -0.4 is 5.11 Å². The number of amides is 1. The zero-order valence-corrected chi connectivity index (χ0v) is 13.9. The van der Waals surface area contributed by atoms with Crippen molar-refractivity contribution in [2.45, 2.75) is 18.6 Å². The molecular weight excluding hydrogens is 356 g/mol. The minimum absolute atomic E-state index is 0.330. The number of halogens is 2. The van der Waals surface area contributed by atoms with Crippen molar-refractivity contribution < 1.29 is 32.7 Å². The molecule has 136 valence electrons. The summed E-state index contributed by atoms with van der Waals surface area (Å²) >= 11 is 0.